The molecular formula is C9H12N2S. The first-order valence-electron chi connectivity index (χ1n) is 4.07. The molecule has 0 aliphatic carbocycles. The van der Waals surface area contributed by atoms with Gasteiger partial charge in [0, 0.05) is 28.9 Å². The topological polar surface area (TPSA) is 38.0 Å². The molecule has 12 heavy (non-hydrogen) atoms. The third-order valence-corrected chi connectivity index (χ3v) is 3.10. The standard InChI is InChI=1S/C9H12N2S/c10-7-2-1-3-8(4-7)12-9-5-11-6-9/h1-4,9,11H,5-6,10H2. The Kier molecular flexibility index (Phi) is 2.23. The molecule has 0 amide bonds. The van der Waals surface area contributed by atoms with E-state index in [4.69, 9.17) is 5.73 Å². The molecule has 1 aromatic rings. The lowest BCUT2D eigenvalue weighted by molar-refractivity contribution is 0.544. The van der Waals surface area contributed by atoms with Gasteiger partial charge in [0.15, 0.2) is 0 Å². The summed E-state index contributed by atoms with van der Waals surface area (Å²) in [5.74, 6) is 0. The van der Waals surface area contributed by atoms with Gasteiger partial charge in [0.1, 0.15) is 0 Å². The Morgan fingerprint density at radius 3 is 2.83 bits per heavy atom. The van der Waals surface area contributed by atoms with Crippen LogP contribution >= 0.6 is 11.8 Å². The maximum Gasteiger partial charge on any atom is 0.0344 e. The van der Waals surface area contributed by atoms with Gasteiger partial charge in [0.2, 0.25) is 0 Å². The largest absolute Gasteiger partial charge is 0.399 e. The Labute approximate surface area is 76.5 Å². The van der Waals surface area contributed by atoms with Crippen LogP contribution in [0.5, 0.6) is 0 Å². The summed E-state index contributed by atoms with van der Waals surface area (Å²) in [6.45, 7) is 2.25. The van der Waals surface area contributed by atoms with Crippen LogP contribution in [0.2, 0.25) is 0 Å². The zero-order valence-electron chi connectivity index (χ0n) is 6.79. The van der Waals surface area contributed by atoms with Gasteiger partial charge in [-0.25, -0.2) is 0 Å². The van der Waals surface area contributed by atoms with Crippen molar-refractivity contribution in [3.8, 4) is 0 Å². The molecule has 1 heterocycles. The van der Waals surface area contributed by atoms with Gasteiger partial charge < -0.3 is 11.1 Å². The van der Waals surface area contributed by atoms with Gasteiger partial charge >= 0.3 is 0 Å². The number of hydrogen-bond acceptors (Lipinski definition) is 3. The number of nitrogen functional groups attached to an aromatic ring is 1. The Hall–Kier alpha value is -0.670. The molecule has 1 saturated heterocycles. The van der Waals surface area contributed by atoms with E-state index >= 15 is 0 Å². The molecule has 0 unspecified atom stereocenters. The zero-order valence-corrected chi connectivity index (χ0v) is 7.60. The molecule has 0 spiro atoms. The van der Waals surface area contributed by atoms with Gasteiger partial charge in [-0.05, 0) is 18.2 Å². The molecule has 1 aliphatic heterocycles. The molecule has 0 saturated carbocycles. The van der Waals surface area contributed by atoms with Gasteiger partial charge in [-0.2, -0.15) is 0 Å². The van der Waals surface area contributed by atoms with Crippen molar-refractivity contribution in [2.24, 2.45) is 0 Å². The van der Waals surface area contributed by atoms with Crippen LogP contribution in [0.15, 0.2) is 29.2 Å². The van der Waals surface area contributed by atoms with Gasteiger partial charge in [-0.3, -0.25) is 0 Å². The molecule has 1 fully saturated rings. The maximum atomic E-state index is 5.66. The second kappa shape index (κ2) is 3.37. The summed E-state index contributed by atoms with van der Waals surface area (Å²) in [4.78, 5) is 1.28. The molecule has 2 rings (SSSR count). The summed E-state index contributed by atoms with van der Waals surface area (Å²) in [5.41, 5.74) is 6.52. The highest BCUT2D eigenvalue weighted by Gasteiger charge is 2.17. The molecule has 0 atom stereocenters. The number of nitrogens with two attached hydrogens (primary N) is 1. The van der Waals surface area contributed by atoms with Crippen LogP contribution in [0.1, 0.15) is 0 Å². The monoisotopic (exact) mass is 180 g/mol. The number of benzene rings is 1. The lowest BCUT2D eigenvalue weighted by Gasteiger charge is -2.26. The van der Waals surface area contributed by atoms with Crippen LogP contribution in [0.4, 0.5) is 5.69 Å². The molecular weight excluding hydrogens is 168 g/mol. The summed E-state index contributed by atoms with van der Waals surface area (Å²) in [7, 11) is 0. The van der Waals surface area contributed by atoms with Crippen molar-refractivity contribution in [3.63, 3.8) is 0 Å². The lowest BCUT2D eigenvalue weighted by atomic mass is 10.3. The molecule has 3 N–H and O–H groups in total. The summed E-state index contributed by atoms with van der Waals surface area (Å²) in [5, 5.41) is 3.99. The van der Waals surface area contributed by atoms with Gasteiger partial charge in [-0.1, -0.05) is 6.07 Å². The van der Waals surface area contributed by atoms with Crippen LogP contribution in [0, 0.1) is 0 Å². The van der Waals surface area contributed by atoms with Crippen LogP contribution in [-0.4, -0.2) is 18.3 Å². The van der Waals surface area contributed by atoms with Gasteiger partial charge in [0.25, 0.3) is 0 Å². The molecule has 64 valence electrons. The number of nitrogens with one attached hydrogen (secondary N) is 1. The van der Waals surface area contributed by atoms with Gasteiger partial charge in [-0.15, -0.1) is 11.8 Å². The first-order chi connectivity index (χ1) is 5.84. The van der Waals surface area contributed by atoms with Crippen molar-refractivity contribution in [3.05, 3.63) is 24.3 Å². The SMILES string of the molecule is Nc1cccc(SC2CNC2)c1. The highest BCUT2D eigenvalue weighted by molar-refractivity contribution is 8.00. The van der Waals surface area contributed by atoms with Crippen molar-refractivity contribution >= 4 is 17.4 Å². The molecule has 1 aromatic carbocycles. The minimum atomic E-state index is 0.742. The third kappa shape index (κ3) is 1.73. The van der Waals surface area contributed by atoms with Crippen LogP contribution in [-0.2, 0) is 0 Å². The fraction of sp³-hybridized carbons (Fsp3) is 0.333. The normalized spacial score (nSPS) is 17.3. The van der Waals surface area contributed by atoms with Crippen LogP contribution in [0.25, 0.3) is 0 Å². The van der Waals surface area contributed by atoms with E-state index in [1.165, 1.54) is 4.90 Å². The van der Waals surface area contributed by atoms with E-state index in [0.29, 0.717) is 0 Å². The van der Waals surface area contributed by atoms with Crippen molar-refractivity contribution in [1.29, 1.82) is 0 Å². The molecule has 1 aliphatic rings. The quantitative estimate of drug-likeness (QED) is 0.674. The van der Waals surface area contributed by atoms with Gasteiger partial charge in [0.05, 0.1) is 0 Å². The predicted octanol–water partition coefficient (Wildman–Crippen LogP) is 1.33. The highest BCUT2D eigenvalue weighted by atomic mass is 32.2. The van der Waals surface area contributed by atoms with E-state index < -0.39 is 0 Å². The van der Waals surface area contributed by atoms with Crippen molar-refractivity contribution in [2.45, 2.75) is 10.1 Å². The Morgan fingerprint density at radius 1 is 1.42 bits per heavy atom. The first-order valence-corrected chi connectivity index (χ1v) is 4.95. The second-order valence-electron chi connectivity index (χ2n) is 2.97. The summed E-state index contributed by atoms with van der Waals surface area (Å²) in [6, 6.07) is 8.06. The van der Waals surface area contributed by atoms with E-state index in [0.717, 1.165) is 24.0 Å². The number of anilines is 1. The lowest BCUT2D eigenvalue weighted by Crippen LogP contribution is -2.44. The average molecular weight is 180 g/mol. The Balaban J connectivity index is 2.02. The summed E-state index contributed by atoms with van der Waals surface area (Å²) in [6.07, 6.45) is 0. The minimum Gasteiger partial charge on any atom is -0.399 e. The highest BCUT2D eigenvalue weighted by Crippen LogP contribution is 2.26. The molecule has 0 aromatic heterocycles. The fourth-order valence-electron chi connectivity index (χ4n) is 1.13. The molecule has 0 bridgehead atoms. The second-order valence-corrected chi connectivity index (χ2v) is 4.34. The van der Waals surface area contributed by atoms with E-state index in [1.54, 1.807) is 0 Å². The summed E-state index contributed by atoms with van der Waals surface area (Å²) < 4.78 is 0. The van der Waals surface area contributed by atoms with E-state index in [2.05, 4.69) is 11.4 Å². The average Bonchev–Trinajstić information content (AvgIpc) is 1.97. The maximum absolute atomic E-state index is 5.66. The Bertz CT molecular complexity index is 271. The van der Waals surface area contributed by atoms with E-state index in [9.17, 15) is 0 Å². The minimum absolute atomic E-state index is 0.742. The van der Waals surface area contributed by atoms with Crippen LogP contribution < -0.4 is 11.1 Å². The van der Waals surface area contributed by atoms with Crippen molar-refractivity contribution < 1.29 is 0 Å². The molecule has 3 heteroatoms. The van der Waals surface area contributed by atoms with E-state index in [1.807, 2.05) is 30.0 Å². The molecule has 0 radical (unpaired) electrons. The third-order valence-electron chi connectivity index (χ3n) is 1.90. The first kappa shape index (κ1) is 7.95. The van der Waals surface area contributed by atoms with E-state index in [-0.39, 0.29) is 0 Å². The number of thioether (sulfide) groups is 1. The zero-order chi connectivity index (χ0) is 8.39. The predicted molar refractivity (Wildman–Crippen MR) is 53.4 cm³/mol. The van der Waals surface area contributed by atoms with Crippen LogP contribution in [0.3, 0.4) is 0 Å². The molecule has 2 nitrogen and oxygen atoms in total. The van der Waals surface area contributed by atoms with Crippen molar-refractivity contribution in [2.75, 3.05) is 18.8 Å². The van der Waals surface area contributed by atoms with Crippen molar-refractivity contribution in [1.82, 2.24) is 5.32 Å². The number of hydrogen-bond donors (Lipinski definition) is 2. The Morgan fingerprint density at radius 2 is 2.25 bits per heavy atom. The number of rotatable bonds is 2. The smallest absolute Gasteiger partial charge is 0.0344 e. The fourth-order valence-corrected chi connectivity index (χ4v) is 2.27. The summed E-state index contributed by atoms with van der Waals surface area (Å²) >= 11 is 1.90.